The number of rotatable bonds is 7. The number of aliphatic hydroxyl groups excluding tert-OH is 1. The second kappa shape index (κ2) is 6.70. The van der Waals surface area contributed by atoms with Gasteiger partial charge in [-0.05, 0) is 12.3 Å². The van der Waals surface area contributed by atoms with Crippen molar-refractivity contribution in [2.75, 3.05) is 32.8 Å². The summed E-state index contributed by atoms with van der Waals surface area (Å²) in [6.45, 7) is 7.55. The van der Waals surface area contributed by atoms with Crippen molar-refractivity contribution in [1.29, 1.82) is 0 Å². The lowest BCUT2D eigenvalue weighted by Crippen LogP contribution is -2.41. The van der Waals surface area contributed by atoms with Crippen LogP contribution in [0, 0.1) is 5.92 Å². The van der Waals surface area contributed by atoms with Crippen molar-refractivity contribution in [2.45, 2.75) is 26.3 Å². The highest BCUT2D eigenvalue weighted by Gasteiger charge is 2.19. The number of urea groups is 1. The molecular weight excluding hydrogens is 206 g/mol. The zero-order chi connectivity index (χ0) is 12.0. The van der Waals surface area contributed by atoms with Gasteiger partial charge in [-0.1, -0.05) is 13.8 Å². The van der Waals surface area contributed by atoms with Crippen LogP contribution in [0.1, 0.15) is 20.3 Å². The van der Waals surface area contributed by atoms with Gasteiger partial charge < -0.3 is 20.6 Å². The number of aliphatic hydroxyl groups is 1. The first-order valence-corrected chi connectivity index (χ1v) is 6.02. The first-order valence-electron chi connectivity index (χ1n) is 6.02. The number of hydrogen-bond acceptors (Lipinski definition) is 3. The quantitative estimate of drug-likeness (QED) is 0.576. The van der Waals surface area contributed by atoms with E-state index in [1.54, 1.807) is 0 Å². The predicted molar refractivity (Wildman–Crippen MR) is 63.3 cm³/mol. The van der Waals surface area contributed by atoms with Gasteiger partial charge in [0, 0.05) is 38.8 Å². The molecule has 1 unspecified atom stereocenters. The summed E-state index contributed by atoms with van der Waals surface area (Å²) in [6, 6.07) is 0.362. The van der Waals surface area contributed by atoms with E-state index in [0.717, 1.165) is 32.6 Å². The standard InChI is InChI=1S/C11H23N3O2/c1-9(2)10(3-8-15)12-4-6-14-7-5-13-11(14)16/h9-10,12,15H,3-8H2,1-2H3,(H,13,16). The van der Waals surface area contributed by atoms with Crippen molar-refractivity contribution in [3.05, 3.63) is 0 Å². The Morgan fingerprint density at radius 3 is 2.81 bits per heavy atom. The number of carbonyl (C=O) groups is 1. The minimum absolute atomic E-state index is 0.0325. The fourth-order valence-corrected chi connectivity index (χ4v) is 1.92. The number of amides is 2. The second-order valence-corrected chi connectivity index (χ2v) is 4.54. The first-order chi connectivity index (χ1) is 7.65. The monoisotopic (exact) mass is 229 g/mol. The summed E-state index contributed by atoms with van der Waals surface area (Å²) < 4.78 is 0. The summed E-state index contributed by atoms with van der Waals surface area (Å²) in [5.74, 6) is 0.500. The highest BCUT2D eigenvalue weighted by molar-refractivity contribution is 5.76. The molecule has 1 fully saturated rings. The van der Waals surface area contributed by atoms with Crippen LogP contribution in [0.4, 0.5) is 4.79 Å². The summed E-state index contributed by atoms with van der Waals surface area (Å²) in [4.78, 5) is 13.1. The zero-order valence-electron chi connectivity index (χ0n) is 10.2. The molecule has 1 aliphatic rings. The Bertz CT molecular complexity index is 221. The molecule has 5 nitrogen and oxygen atoms in total. The summed E-state index contributed by atoms with van der Waals surface area (Å²) in [5, 5.41) is 15.1. The van der Waals surface area contributed by atoms with Crippen molar-refractivity contribution in [2.24, 2.45) is 5.92 Å². The third kappa shape index (κ3) is 3.98. The largest absolute Gasteiger partial charge is 0.396 e. The Labute approximate surface area is 97.2 Å². The minimum Gasteiger partial charge on any atom is -0.396 e. The van der Waals surface area contributed by atoms with Crippen LogP contribution in [-0.4, -0.2) is 54.9 Å². The second-order valence-electron chi connectivity index (χ2n) is 4.54. The Kier molecular flexibility index (Phi) is 5.55. The van der Waals surface area contributed by atoms with Gasteiger partial charge in [-0.15, -0.1) is 0 Å². The molecule has 0 aromatic carbocycles. The van der Waals surface area contributed by atoms with Crippen LogP contribution in [0.5, 0.6) is 0 Å². The summed E-state index contributed by atoms with van der Waals surface area (Å²) >= 11 is 0. The fourth-order valence-electron chi connectivity index (χ4n) is 1.92. The summed E-state index contributed by atoms with van der Waals surface area (Å²) in [6.07, 6.45) is 0.768. The Balaban J connectivity index is 2.19. The highest BCUT2D eigenvalue weighted by atomic mass is 16.3. The van der Waals surface area contributed by atoms with Gasteiger partial charge in [-0.25, -0.2) is 4.79 Å². The van der Waals surface area contributed by atoms with Crippen LogP contribution >= 0.6 is 0 Å². The molecule has 16 heavy (non-hydrogen) atoms. The van der Waals surface area contributed by atoms with Crippen molar-refractivity contribution >= 4 is 6.03 Å². The number of hydrogen-bond donors (Lipinski definition) is 3. The normalized spacial score (nSPS) is 18.0. The third-order valence-corrected chi connectivity index (χ3v) is 2.98. The van der Waals surface area contributed by atoms with Crippen LogP contribution in [0.15, 0.2) is 0 Å². The number of nitrogens with zero attached hydrogens (tertiary/aromatic N) is 1. The van der Waals surface area contributed by atoms with Crippen molar-refractivity contribution in [1.82, 2.24) is 15.5 Å². The van der Waals surface area contributed by atoms with Crippen LogP contribution in [0.3, 0.4) is 0 Å². The van der Waals surface area contributed by atoms with Gasteiger partial charge in [0.2, 0.25) is 0 Å². The maximum atomic E-state index is 11.3. The average Bonchev–Trinajstić information content (AvgIpc) is 2.63. The van der Waals surface area contributed by atoms with E-state index in [2.05, 4.69) is 24.5 Å². The molecule has 1 heterocycles. The minimum atomic E-state index is 0.0325. The predicted octanol–water partition coefficient (Wildman–Crippen LogP) is 0.00820. The molecule has 1 atom stereocenters. The topological polar surface area (TPSA) is 64.6 Å². The Morgan fingerprint density at radius 1 is 1.56 bits per heavy atom. The van der Waals surface area contributed by atoms with E-state index in [0.29, 0.717) is 12.0 Å². The lowest BCUT2D eigenvalue weighted by Gasteiger charge is -2.23. The van der Waals surface area contributed by atoms with Gasteiger partial charge in [0.1, 0.15) is 0 Å². The van der Waals surface area contributed by atoms with E-state index >= 15 is 0 Å². The molecule has 94 valence electrons. The van der Waals surface area contributed by atoms with E-state index < -0.39 is 0 Å². The molecule has 0 aromatic rings. The van der Waals surface area contributed by atoms with Crippen LogP contribution < -0.4 is 10.6 Å². The summed E-state index contributed by atoms with van der Waals surface area (Å²) in [7, 11) is 0. The lowest BCUT2D eigenvalue weighted by molar-refractivity contribution is 0.213. The van der Waals surface area contributed by atoms with Crippen LogP contribution in [0.25, 0.3) is 0 Å². The van der Waals surface area contributed by atoms with Crippen molar-refractivity contribution in [3.8, 4) is 0 Å². The molecule has 1 saturated heterocycles. The molecule has 0 saturated carbocycles. The molecule has 0 aliphatic carbocycles. The molecule has 0 aromatic heterocycles. The van der Waals surface area contributed by atoms with E-state index in [9.17, 15) is 4.79 Å². The average molecular weight is 229 g/mol. The van der Waals surface area contributed by atoms with Gasteiger partial charge in [-0.3, -0.25) is 0 Å². The van der Waals surface area contributed by atoms with Gasteiger partial charge in [0.15, 0.2) is 0 Å². The molecule has 3 N–H and O–H groups in total. The third-order valence-electron chi connectivity index (χ3n) is 2.98. The first kappa shape index (κ1) is 13.3. The molecule has 0 bridgehead atoms. The molecule has 1 rings (SSSR count). The smallest absolute Gasteiger partial charge is 0.317 e. The lowest BCUT2D eigenvalue weighted by atomic mass is 10.0. The van der Waals surface area contributed by atoms with Gasteiger partial charge in [0.05, 0.1) is 0 Å². The number of carbonyl (C=O) groups excluding carboxylic acids is 1. The van der Waals surface area contributed by atoms with E-state index in [-0.39, 0.29) is 12.6 Å². The molecular formula is C11H23N3O2. The van der Waals surface area contributed by atoms with Crippen molar-refractivity contribution in [3.63, 3.8) is 0 Å². The van der Waals surface area contributed by atoms with Crippen LogP contribution in [0.2, 0.25) is 0 Å². The van der Waals surface area contributed by atoms with Gasteiger partial charge in [0.25, 0.3) is 0 Å². The SMILES string of the molecule is CC(C)C(CCO)NCCN1CCNC1=O. The Morgan fingerprint density at radius 2 is 2.31 bits per heavy atom. The van der Waals surface area contributed by atoms with Gasteiger partial charge >= 0.3 is 6.03 Å². The van der Waals surface area contributed by atoms with Crippen molar-refractivity contribution < 1.29 is 9.90 Å². The van der Waals surface area contributed by atoms with Gasteiger partial charge in [-0.2, -0.15) is 0 Å². The summed E-state index contributed by atoms with van der Waals surface area (Å²) in [5.41, 5.74) is 0. The molecule has 1 aliphatic heterocycles. The molecule has 0 radical (unpaired) electrons. The Hall–Kier alpha value is -0.810. The van der Waals surface area contributed by atoms with E-state index in [1.165, 1.54) is 0 Å². The maximum Gasteiger partial charge on any atom is 0.317 e. The van der Waals surface area contributed by atoms with E-state index in [4.69, 9.17) is 5.11 Å². The molecule has 2 amide bonds. The molecule has 0 spiro atoms. The zero-order valence-corrected chi connectivity index (χ0v) is 10.2. The maximum absolute atomic E-state index is 11.3. The molecule has 5 heteroatoms. The fraction of sp³-hybridized carbons (Fsp3) is 0.909. The number of nitrogens with one attached hydrogen (secondary N) is 2. The van der Waals surface area contributed by atoms with E-state index in [1.807, 2.05) is 4.90 Å². The van der Waals surface area contributed by atoms with Crippen LogP contribution in [-0.2, 0) is 0 Å². The highest BCUT2D eigenvalue weighted by Crippen LogP contribution is 2.05.